The number of aromatic nitrogens is 2. The fraction of sp³-hybridized carbons (Fsp3) is 0.735. The average Bonchev–Trinajstić information content (AvgIpc) is 3.55. The molecule has 1 aromatic heterocycles. The minimum Gasteiger partial charge on any atom is -0.463 e. The van der Waals surface area contributed by atoms with Crippen molar-refractivity contribution < 1.29 is 61.5 Å². The number of carbonyl (C=O) groups is 4. The lowest BCUT2D eigenvalue weighted by Crippen LogP contribution is -2.65. The zero-order valence-corrected chi connectivity index (χ0v) is 31.7. The van der Waals surface area contributed by atoms with Crippen LogP contribution in [0, 0.1) is 0 Å². The number of esters is 4. The summed E-state index contributed by atoms with van der Waals surface area (Å²) in [6.07, 6.45) is -4.69. The van der Waals surface area contributed by atoms with Crippen LogP contribution in [-0.4, -0.2) is 111 Å². The predicted molar refractivity (Wildman–Crippen MR) is 180 cm³/mol. The second-order valence-electron chi connectivity index (χ2n) is 13.5. The van der Waals surface area contributed by atoms with Gasteiger partial charge in [-0.25, -0.2) is 4.98 Å². The third-order valence-corrected chi connectivity index (χ3v) is 15.1. The maximum Gasteiger partial charge on any atom is 0.303 e. The summed E-state index contributed by atoms with van der Waals surface area (Å²) in [5.41, 5.74) is 0.494. The second-order valence-corrected chi connectivity index (χ2v) is 18.9. The largest absolute Gasteiger partial charge is 0.463 e. The molecule has 2 fully saturated rings. The third kappa shape index (κ3) is 10.0. The summed E-state index contributed by atoms with van der Waals surface area (Å²) < 4.78 is 55.2. The molecule has 9 atom stereocenters. The zero-order valence-electron chi connectivity index (χ0n) is 30.7. The molecule has 1 aromatic rings. The SMILES string of the molecule is C=CCO[C@H]1OC[C@@H](c2ncc[nH]2)[C@@H](O[C@@H]2O[C@H](COC(C)=O)[C@@H](OC(C)=O)[C@H](OC(C)=O)[C@H]2OC(C)=O)[C@@H]1O[Si](C(C)C)(C(C)C)C(C)C. The molecule has 0 unspecified atom stereocenters. The van der Waals surface area contributed by atoms with E-state index in [1.165, 1.54) is 13.8 Å². The Morgan fingerprint density at radius 3 is 1.94 bits per heavy atom. The van der Waals surface area contributed by atoms with E-state index in [0.717, 1.165) is 13.8 Å². The molecule has 0 radical (unpaired) electrons. The van der Waals surface area contributed by atoms with Crippen molar-refractivity contribution in [2.24, 2.45) is 0 Å². The molecule has 15 nitrogen and oxygen atoms in total. The van der Waals surface area contributed by atoms with E-state index in [2.05, 4.69) is 58.1 Å². The number of nitrogens with zero attached hydrogens (tertiary/aromatic N) is 1. The Labute approximate surface area is 295 Å². The maximum absolute atomic E-state index is 12.6. The second kappa shape index (κ2) is 18.4. The van der Waals surface area contributed by atoms with Crippen LogP contribution in [0.4, 0.5) is 0 Å². The maximum atomic E-state index is 12.6. The van der Waals surface area contributed by atoms with Crippen molar-refractivity contribution in [1.82, 2.24) is 9.97 Å². The molecule has 0 amide bonds. The van der Waals surface area contributed by atoms with E-state index in [0.29, 0.717) is 5.82 Å². The van der Waals surface area contributed by atoms with Crippen molar-refractivity contribution in [2.75, 3.05) is 19.8 Å². The molecule has 1 N–H and O–H groups in total. The minimum absolute atomic E-state index is 0.0880. The van der Waals surface area contributed by atoms with Crippen LogP contribution < -0.4 is 0 Å². The number of rotatable bonds is 16. The van der Waals surface area contributed by atoms with Crippen LogP contribution in [-0.2, 0) is 61.5 Å². The number of hydrogen-bond acceptors (Lipinski definition) is 14. The van der Waals surface area contributed by atoms with Crippen molar-refractivity contribution in [3.05, 3.63) is 30.9 Å². The smallest absolute Gasteiger partial charge is 0.303 e. The van der Waals surface area contributed by atoms with E-state index >= 15 is 0 Å². The quantitative estimate of drug-likeness (QED) is 0.111. The number of aromatic amines is 1. The first kappa shape index (κ1) is 41.3. The molecule has 2 saturated heterocycles. The molecule has 0 saturated carbocycles. The summed E-state index contributed by atoms with van der Waals surface area (Å²) in [6.45, 7) is 21.2. The van der Waals surface area contributed by atoms with Gasteiger partial charge in [0.1, 0.15) is 30.7 Å². The van der Waals surface area contributed by atoms with E-state index in [1.807, 2.05) is 0 Å². The summed E-state index contributed by atoms with van der Waals surface area (Å²) in [6, 6.07) is 0. The lowest BCUT2D eigenvalue weighted by molar-refractivity contribution is -0.339. The molecule has 2 aliphatic rings. The topological polar surface area (TPSA) is 180 Å². The average molecular weight is 727 g/mol. The normalized spacial score (nSPS) is 28.7. The molecule has 0 aromatic carbocycles. The Balaban J connectivity index is 2.23. The number of ether oxygens (including phenoxy) is 8. The van der Waals surface area contributed by atoms with Gasteiger partial charge in [0.05, 0.1) is 19.1 Å². The monoisotopic (exact) mass is 726 g/mol. The zero-order chi connectivity index (χ0) is 37.3. The Kier molecular flexibility index (Phi) is 15.2. The summed E-state index contributed by atoms with van der Waals surface area (Å²) in [5, 5.41) is 0. The number of nitrogens with one attached hydrogen (secondary N) is 1. The van der Waals surface area contributed by atoms with E-state index < -0.39 is 93.9 Å². The number of H-pyrrole nitrogens is 1. The Hall–Kier alpha value is -3.15. The first-order chi connectivity index (χ1) is 23.5. The van der Waals surface area contributed by atoms with Crippen molar-refractivity contribution in [2.45, 2.75) is 141 Å². The van der Waals surface area contributed by atoms with Gasteiger partial charge in [-0.15, -0.1) is 6.58 Å². The van der Waals surface area contributed by atoms with Crippen LogP contribution in [0.25, 0.3) is 0 Å². The van der Waals surface area contributed by atoms with Gasteiger partial charge in [0.15, 0.2) is 30.9 Å². The summed E-state index contributed by atoms with van der Waals surface area (Å²) in [4.78, 5) is 56.8. The van der Waals surface area contributed by atoms with Gasteiger partial charge in [0.25, 0.3) is 0 Å². The lowest BCUT2D eigenvalue weighted by Gasteiger charge is -2.51. The third-order valence-electron chi connectivity index (χ3n) is 8.96. The van der Waals surface area contributed by atoms with Gasteiger partial charge in [-0.05, 0) is 16.6 Å². The standard InChI is InChI=1S/C34H54N2O13Si/c1-12-15-41-33-31(49-50(18(2)3,19(4)5)20(6)7)27(25(16-43-33)32-35-13-14-36-32)48-34-30(46-24(11)40)29(45-23(10)39)28(44-22(9)38)26(47-34)17-42-21(8)37/h12-14,18-20,25-31,33-34H,1,15-17H2,2-11H3,(H,35,36)/t25-,26-,27-,28-,29+,30-,31+,33+,34+/m1/s1. The fourth-order valence-corrected chi connectivity index (χ4v) is 12.7. The molecule has 2 aliphatic heterocycles. The summed E-state index contributed by atoms with van der Waals surface area (Å²) in [7, 11) is -2.67. The molecule has 3 rings (SSSR count). The fourth-order valence-electron chi connectivity index (χ4n) is 7.18. The Bertz CT molecular complexity index is 1270. The first-order valence-corrected chi connectivity index (χ1v) is 19.1. The van der Waals surface area contributed by atoms with Crippen LogP contribution in [0.1, 0.15) is 81.0 Å². The predicted octanol–water partition coefficient (Wildman–Crippen LogP) is 4.08. The molecule has 0 spiro atoms. The summed E-state index contributed by atoms with van der Waals surface area (Å²) >= 11 is 0. The van der Waals surface area contributed by atoms with Gasteiger partial charge < -0.3 is 47.3 Å². The highest BCUT2D eigenvalue weighted by Gasteiger charge is 2.57. The number of hydrogen-bond donors (Lipinski definition) is 1. The number of imidazole rings is 1. The highest BCUT2D eigenvalue weighted by molar-refractivity contribution is 6.77. The van der Waals surface area contributed by atoms with Gasteiger partial charge in [0, 0.05) is 40.1 Å². The summed E-state index contributed by atoms with van der Waals surface area (Å²) in [5.74, 6) is -2.92. The molecule has 50 heavy (non-hydrogen) atoms. The van der Waals surface area contributed by atoms with E-state index in [1.54, 1.807) is 18.5 Å². The molecular weight excluding hydrogens is 672 g/mol. The molecule has 3 heterocycles. The van der Waals surface area contributed by atoms with E-state index in [4.69, 9.17) is 42.3 Å². The van der Waals surface area contributed by atoms with Crippen molar-refractivity contribution in [3.8, 4) is 0 Å². The number of carbonyl (C=O) groups excluding carboxylic acids is 4. The molecule has 282 valence electrons. The molecule has 0 bridgehead atoms. The first-order valence-electron chi connectivity index (χ1n) is 17.0. The van der Waals surface area contributed by atoms with E-state index in [9.17, 15) is 19.2 Å². The molecule has 0 aliphatic carbocycles. The van der Waals surface area contributed by atoms with Crippen LogP contribution in [0.3, 0.4) is 0 Å². The Morgan fingerprint density at radius 1 is 0.860 bits per heavy atom. The van der Waals surface area contributed by atoms with Crippen LogP contribution in [0.5, 0.6) is 0 Å². The lowest BCUT2D eigenvalue weighted by atomic mass is 9.93. The van der Waals surface area contributed by atoms with Gasteiger partial charge in [-0.2, -0.15) is 0 Å². The van der Waals surface area contributed by atoms with E-state index in [-0.39, 0.29) is 29.8 Å². The molecule has 16 heteroatoms. The van der Waals surface area contributed by atoms with Crippen LogP contribution >= 0.6 is 0 Å². The van der Waals surface area contributed by atoms with Crippen LogP contribution in [0.2, 0.25) is 16.6 Å². The van der Waals surface area contributed by atoms with Gasteiger partial charge in [-0.1, -0.05) is 47.6 Å². The minimum atomic E-state index is -2.67. The Morgan fingerprint density at radius 2 is 1.44 bits per heavy atom. The van der Waals surface area contributed by atoms with Gasteiger partial charge in [-0.3, -0.25) is 19.2 Å². The van der Waals surface area contributed by atoms with Gasteiger partial charge >= 0.3 is 23.9 Å². The van der Waals surface area contributed by atoms with Crippen molar-refractivity contribution >= 4 is 32.2 Å². The van der Waals surface area contributed by atoms with Crippen molar-refractivity contribution in [1.29, 1.82) is 0 Å². The highest BCUT2D eigenvalue weighted by Crippen LogP contribution is 2.46. The van der Waals surface area contributed by atoms with Crippen LogP contribution in [0.15, 0.2) is 25.0 Å². The van der Waals surface area contributed by atoms with Crippen molar-refractivity contribution in [3.63, 3.8) is 0 Å². The molecular formula is C34H54N2O13Si. The highest BCUT2D eigenvalue weighted by atomic mass is 28.4. The van der Waals surface area contributed by atoms with Gasteiger partial charge in [0.2, 0.25) is 8.32 Å².